The summed E-state index contributed by atoms with van der Waals surface area (Å²) in [4.78, 5) is 11.2. The van der Waals surface area contributed by atoms with Crippen LogP contribution in [0.1, 0.15) is 24.9 Å². The molecule has 0 spiro atoms. The Kier molecular flexibility index (Phi) is 5.95. The van der Waals surface area contributed by atoms with Crippen LogP contribution in [0, 0.1) is 0 Å². The molecule has 0 saturated carbocycles. The SMILES string of the molecule is CCOC(=O)C[C@@H](N)c1ccc(OC(F)(F)C(F)F)cc1. The van der Waals surface area contributed by atoms with E-state index in [0.717, 1.165) is 12.1 Å². The van der Waals surface area contributed by atoms with Gasteiger partial charge in [-0.25, -0.2) is 0 Å². The van der Waals surface area contributed by atoms with Crippen molar-refractivity contribution in [3.05, 3.63) is 29.8 Å². The van der Waals surface area contributed by atoms with Gasteiger partial charge in [-0.05, 0) is 24.6 Å². The monoisotopic (exact) mass is 309 g/mol. The van der Waals surface area contributed by atoms with Gasteiger partial charge >= 0.3 is 18.5 Å². The van der Waals surface area contributed by atoms with E-state index in [1.165, 1.54) is 12.1 Å². The first-order valence-corrected chi connectivity index (χ1v) is 6.12. The van der Waals surface area contributed by atoms with Gasteiger partial charge < -0.3 is 15.2 Å². The molecule has 0 saturated heterocycles. The van der Waals surface area contributed by atoms with E-state index in [9.17, 15) is 22.4 Å². The maximum Gasteiger partial charge on any atom is 0.461 e. The predicted octanol–water partition coefficient (Wildman–Crippen LogP) is 2.88. The van der Waals surface area contributed by atoms with Crippen molar-refractivity contribution in [2.75, 3.05) is 6.61 Å². The number of hydrogen-bond acceptors (Lipinski definition) is 4. The summed E-state index contributed by atoms with van der Waals surface area (Å²) in [6.07, 6.45) is -8.57. The van der Waals surface area contributed by atoms with Gasteiger partial charge in [0.15, 0.2) is 0 Å². The van der Waals surface area contributed by atoms with Gasteiger partial charge in [0.1, 0.15) is 5.75 Å². The van der Waals surface area contributed by atoms with Crippen molar-refractivity contribution < 1.29 is 31.8 Å². The highest BCUT2D eigenvalue weighted by molar-refractivity contribution is 5.70. The number of nitrogens with two attached hydrogens (primary N) is 1. The normalized spacial score (nSPS) is 13.1. The summed E-state index contributed by atoms with van der Waals surface area (Å²) in [6, 6.07) is 4.11. The lowest BCUT2D eigenvalue weighted by Gasteiger charge is -2.17. The summed E-state index contributed by atoms with van der Waals surface area (Å²) in [5.41, 5.74) is 6.21. The van der Waals surface area contributed by atoms with Gasteiger partial charge in [-0.3, -0.25) is 4.79 Å². The van der Waals surface area contributed by atoms with Crippen LogP contribution in [-0.4, -0.2) is 25.1 Å². The van der Waals surface area contributed by atoms with Crippen LogP contribution in [0.15, 0.2) is 24.3 Å². The van der Waals surface area contributed by atoms with Gasteiger partial charge in [0.05, 0.1) is 13.0 Å². The maximum absolute atomic E-state index is 12.7. The second kappa shape index (κ2) is 7.26. The molecule has 1 aromatic carbocycles. The highest BCUT2D eigenvalue weighted by Gasteiger charge is 2.43. The Morgan fingerprint density at radius 2 is 1.86 bits per heavy atom. The summed E-state index contributed by atoms with van der Waals surface area (Å²) in [7, 11) is 0. The molecule has 118 valence electrons. The molecule has 0 heterocycles. The molecule has 1 rings (SSSR count). The molecule has 4 nitrogen and oxygen atoms in total. The third-order valence-corrected chi connectivity index (χ3v) is 2.51. The summed E-state index contributed by atoms with van der Waals surface area (Å²) >= 11 is 0. The largest absolute Gasteiger partial charge is 0.466 e. The van der Waals surface area contributed by atoms with E-state index in [-0.39, 0.29) is 13.0 Å². The number of alkyl halides is 4. The van der Waals surface area contributed by atoms with Gasteiger partial charge in [0.25, 0.3) is 0 Å². The molecule has 8 heteroatoms. The van der Waals surface area contributed by atoms with Gasteiger partial charge in [0, 0.05) is 6.04 Å². The average Bonchev–Trinajstić information content (AvgIpc) is 2.39. The molecular formula is C13H15F4NO3. The van der Waals surface area contributed by atoms with E-state index < -0.39 is 30.3 Å². The van der Waals surface area contributed by atoms with Gasteiger partial charge in [-0.1, -0.05) is 12.1 Å². The highest BCUT2D eigenvalue weighted by Crippen LogP contribution is 2.28. The van der Waals surface area contributed by atoms with E-state index in [4.69, 9.17) is 10.5 Å². The van der Waals surface area contributed by atoms with E-state index in [1.54, 1.807) is 6.92 Å². The zero-order valence-electron chi connectivity index (χ0n) is 11.2. The predicted molar refractivity (Wildman–Crippen MR) is 66.2 cm³/mol. The summed E-state index contributed by atoms with van der Waals surface area (Å²) in [6.45, 7) is 1.87. The third-order valence-electron chi connectivity index (χ3n) is 2.51. The van der Waals surface area contributed by atoms with Crippen LogP contribution >= 0.6 is 0 Å². The molecule has 1 atom stereocenters. The van der Waals surface area contributed by atoms with Crippen molar-refractivity contribution in [1.82, 2.24) is 0 Å². The Labute approximate surface area is 118 Å². The van der Waals surface area contributed by atoms with Crippen molar-refractivity contribution in [3.63, 3.8) is 0 Å². The Bertz CT molecular complexity index is 465. The maximum atomic E-state index is 12.7. The Morgan fingerprint density at radius 3 is 2.33 bits per heavy atom. The zero-order chi connectivity index (χ0) is 16.0. The lowest BCUT2D eigenvalue weighted by Crippen LogP contribution is -2.33. The lowest BCUT2D eigenvalue weighted by molar-refractivity contribution is -0.253. The summed E-state index contributed by atoms with van der Waals surface area (Å²) in [5, 5.41) is 0. The first-order valence-electron chi connectivity index (χ1n) is 6.12. The molecule has 0 radical (unpaired) electrons. The molecule has 0 aliphatic rings. The second-order valence-corrected chi connectivity index (χ2v) is 4.15. The number of hydrogen-bond donors (Lipinski definition) is 1. The molecule has 0 unspecified atom stereocenters. The van der Waals surface area contributed by atoms with Crippen molar-refractivity contribution in [2.24, 2.45) is 5.73 Å². The number of halogens is 4. The second-order valence-electron chi connectivity index (χ2n) is 4.15. The minimum atomic E-state index is -4.56. The molecule has 2 N–H and O–H groups in total. The van der Waals surface area contributed by atoms with Crippen molar-refractivity contribution in [1.29, 1.82) is 0 Å². The number of carbonyl (C=O) groups excluding carboxylic acids is 1. The molecule has 0 bridgehead atoms. The minimum Gasteiger partial charge on any atom is -0.466 e. The van der Waals surface area contributed by atoms with Crippen molar-refractivity contribution in [2.45, 2.75) is 31.9 Å². The van der Waals surface area contributed by atoms with Crippen LogP contribution < -0.4 is 10.5 Å². The molecule has 1 aromatic rings. The van der Waals surface area contributed by atoms with E-state index in [1.807, 2.05) is 0 Å². The molecule has 0 fully saturated rings. The number of esters is 1. The molecular weight excluding hydrogens is 294 g/mol. The van der Waals surface area contributed by atoms with Crippen LogP contribution in [0.4, 0.5) is 17.6 Å². The third kappa shape index (κ3) is 5.22. The highest BCUT2D eigenvalue weighted by atomic mass is 19.3. The Hall–Kier alpha value is -1.83. The smallest absolute Gasteiger partial charge is 0.461 e. The fourth-order valence-electron chi connectivity index (χ4n) is 1.50. The quantitative estimate of drug-likeness (QED) is 0.621. The Morgan fingerprint density at radius 1 is 1.29 bits per heavy atom. The van der Waals surface area contributed by atoms with Crippen LogP contribution in [-0.2, 0) is 9.53 Å². The molecule has 21 heavy (non-hydrogen) atoms. The fraction of sp³-hybridized carbons (Fsp3) is 0.462. The number of carbonyl (C=O) groups is 1. The van der Waals surface area contributed by atoms with E-state index in [2.05, 4.69) is 4.74 Å². The number of ether oxygens (including phenoxy) is 2. The van der Waals surface area contributed by atoms with Gasteiger partial charge in [-0.2, -0.15) is 17.6 Å². The topological polar surface area (TPSA) is 61.5 Å². The number of benzene rings is 1. The Balaban J connectivity index is 2.67. The number of rotatable bonds is 7. The van der Waals surface area contributed by atoms with E-state index in [0.29, 0.717) is 5.56 Å². The van der Waals surface area contributed by atoms with Gasteiger partial charge in [-0.15, -0.1) is 0 Å². The first-order chi connectivity index (χ1) is 9.76. The zero-order valence-corrected chi connectivity index (χ0v) is 11.2. The summed E-state index contributed by atoms with van der Waals surface area (Å²) in [5.74, 6) is -0.915. The molecule has 0 aliphatic heterocycles. The van der Waals surface area contributed by atoms with E-state index >= 15 is 0 Å². The minimum absolute atomic E-state index is 0.0821. The van der Waals surface area contributed by atoms with Crippen molar-refractivity contribution in [3.8, 4) is 5.75 Å². The first kappa shape index (κ1) is 17.2. The molecule has 0 amide bonds. The van der Waals surface area contributed by atoms with Crippen LogP contribution in [0.2, 0.25) is 0 Å². The van der Waals surface area contributed by atoms with Crippen LogP contribution in [0.25, 0.3) is 0 Å². The fourth-order valence-corrected chi connectivity index (χ4v) is 1.50. The standard InChI is InChI=1S/C13H15F4NO3/c1-2-20-11(19)7-10(18)8-3-5-9(6-4-8)21-13(16,17)12(14)15/h3-6,10,12H,2,7,18H2,1H3/t10-/m1/s1. The van der Waals surface area contributed by atoms with Crippen LogP contribution in [0.3, 0.4) is 0 Å². The van der Waals surface area contributed by atoms with Gasteiger partial charge in [0.2, 0.25) is 0 Å². The van der Waals surface area contributed by atoms with Crippen LogP contribution in [0.5, 0.6) is 5.75 Å². The lowest BCUT2D eigenvalue weighted by atomic mass is 10.0. The van der Waals surface area contributed by atoms with Crippen molar-refractivity contribution >= 4 is 5.97 Å². The molecule has 0 aromatic heterocycles. The summed E-state index contributed by atoms with van der Waals surface area (Å²) < 4.78 is 58.0. The average molecular weight is 309 g/mol. The molecule has 0 aliphatic carbocycles.